The lowest BCUT2D eigenvalue weighted by Crippen LogP contribution is -2.30. The summed E-state index contributed by atoms with van der Waals surface area (Å²) in [6.45, 7) is 7.41. The number of aliphatic hydroxyl groups is 1. The van der Waals surface area contributed by atoms with Crippen LogP contribution in [0.2, 0.25) is 0 Å². The second kappa shape index (κ2) is 79.7. The Kier molecular flexibility index (Phi) is 78.2. The van der Waals surface area contributed by atoms with Crippen LogP contribution in [-0.2, 0) is 65.4 Å². The van der Waals surface area contributed by atoms with Crippen molar-refractivity contribution < 1.29 is 80.2 Å². The highest BCUT2D eigenvalue weighted by atomic mass is 31.2. The van der Waals surface area contributed by atoms with Crippen molar-refractivity contribution in [2.45, 2.75) is 490 Å². The minimum absolute atomic E-state index is 0.109. The van der Waals surface area contributed by atoms with Crippen LogP contribution in [0.15, 0.2) is 0 Å². The number of ether oxygens (including phenoxy) is 4. The van der Waals surface area contributed by atoms with Gasteiger partial charge < -0.3 is 33.8 Å². The summed E-state index contributed by atoms with van der Waals surface area (Å²) in [6, 6.07) is 0. The molecule has 0 amide bonds. The van der Waals surface area contributed by atoms with Gasteiger partial charge >= 0.3 is 39.5 Å². The summed E-state index contributed by atoms with van der Waals surface area (Å²) >= 11 is 0. The van der Waals surface area contributed by atoms with Crippen LogP contribution in [0, 0.1) is 5.92 Å². The predicted molar refractivity (Wildman–Crippen MR) is 437 cm³/mol. The third kappa shape index (κ3) is 80.1. The van der Waals surface area contributed by atoms with Gasteiger partial charge in [-0.3, -0.25) is 37.3 Å². The fraction of sp³-hybridized carbons (Fsp3) is 0.954. The number of hydrogen-bond donors (Lipinski definition) is 3. The van der Waals surface area contributed by atoms with E-state index >= 15 is 0 Å². The number of rotatable bonds is 87. The Hall–Kier alpha value is -1.94. The molecule has 0 saturated carbocycles. The Morgan fingerprint density at radius 1 is 0.255 bits per heavy atom. The van der Waals surface area contributed by atoms with E-state index in [0.29, 0.717) is 25.7 Å². The first-order valence-electron chi connectivity index (χ1n) is 45.1. The summed E-state index contributed by atoms with van der Waals surface area (Å²) in [5.74, 6) is -1.28. The monoisotopic (exact) mass is 1550 g/mol. The Balaban J connectivity index is 5.25. The highest BCUT2D eigenvalue weighted by molar-refractivity contribution is 7.47. The minimum atomic E-state index is -4.97. The standard InChI is InChI=1S/C87H170O17P2/c1-6-9-12-15-18-21-24-27-29-30-31-32-33-39-43-48-53-58-63-68-73-87(92)104-83(77-98-85(90)71-66-61-56-51-46-41-38-35-34-37-40-44-49-54-59-64-69-80(4)5)79-102-106(95,96)100-75-81(88)74-99-105(93,94)101-78-82(76-97-84(89)70-65-60-55-50-45-26-23-20-17-14-11-8-3)103-86(91)72-67-62-57-52-47-42-36-28-25-22-19-16-13-10-7-2/h80-83,88H,6-79H2,1-5H3,(H,93,94)(H,95,96)/t81-,82+,83+/m0/s1. The summed E-state index contributed by atoms with van der Waals surface area (Å²) in [4.78, 5) is 73.3. The van der Waals surface area contributed by atoms with E-state index in [4.69, 9.17) is 37.0 Å². The van der Waals surface area contributed by atoms with Crippen molar-refractivity contribution >= 4 is 39.5 Å². The number of hydrogen-bond acceptors (Lipinski definition) is 15. The number of esters is 4. The Morgan fingerprint density at radius 2 is 0.434 bits per heavy atom. The number of phosphoric ester groups is 2. The summed E-state index contributed by atoms with van der Waals surface area (Å²) in [6.07, 6.45) is 73.5. The molecule has 3 N–H and O–H groups in total. The summed E-state index contributed by atoms with van der Waals surface area (Å²) < 4.78 is 69.0. The molecule has 0 aliphatic heterocycles. The molecule has 17 nitrogen and oxygen atoms in total. The molecule has 0 fully saturated rings. The molecule has 0 radical (unpaired) electrons. The molecule has 2 unspecified atom stereocenters. The van der Waals surface area contributed by atoms with Crippen LogP contribution in [0.25, 0.3) is 0 Å². The predicted octanol–water partition coefficient (Wildman–Crippen LogP) is 26.8. The van der Waals surface area contributed by atoms with Crippen molar-refractivity contribution in [2.75, 3.05) is 39.6 Å². The minimum Gasteiger partial charge on any atom is -0.462 e. The van der Waals surface area contributed by atoms with Gasteiger partial charge in [-0.2, -0.15) is 0 Å². The highest BCUT2D eigenvalue weighted by Gasteiger charge is 2.30. The van der Waals surface area contributed by atoms with E-state index < -0.39 is 97.5 Å². The topological polar surface area (TPSA) is 237 Å². The van der Waals surface area contributed by atoms with Crippen LogP contribution in [0.4, 0.5) is 0 Å². The van der Waals surface area contributed by atoms with Crippen LogP contribution >= 0.6 is 15.6 Å². The molecule has 0 spiro atoms. The van der Waals surface area contributed by atoms with Gasteiger partial charge in [-0.15, -0.1) is 0 Å². The van der Waals surface area contributed by atoms with Crippen molar-refractivity contribution in [1.82, 2.24) is 0 Å². The third-order valence-corrected chi connectivity index (χ3v) is 22.4. The van der Waals surface area contributed by atoms with Gasteiger partial charge in [-0.05, 0) is 31.6 Å². The lowest BCUT2D eigenvalue weighted by molar-refractivity contribution is -0.161. The second-order valence-corrected chi connectivity index (χ2v) is 34.7. The van der Waals surface area contributed by atoms with Gasteiger partial charge in [-0.25, -0.2) is 9.13 Å². The van der Waals surface area contributed by atoms with E-state index in [-0.39, 0.29) is 25.7 Å². The molecule has 0 aliphatic carbocycles. The van der Waals surface area contributed by atoms with E-state index in [1.165, 1.54) is 295 Å². The van der Waals surface area contributed by atoms with Crippen molar-refractivity contribution in [3.63, 3.8) is 0 Å². The van der Waals surface area contributed by atoms with E-state index in [1.54, 1.807) is 0 Å². The van der Waals surface area contributed by atoms with Crippen molar-refractivity contribution in [3.8, 4) is 0 Å². The lowest BCUT2D eigenvalue weighted by Gasteiger charge is -2.21. The van der Waals surface area contributed by atoms with Crippen LogP contribution in [0.5, 0.6) is 0 Å². The smallest absolute Gasteiger partial charge is 0.462 e. The van der Waals surface area contributed by atoms with Crippen LogP contribution in [-0.4, -0.2) is 96.7 Å². The third-order valence-electron chi connectivity index (χ3n) is 20.5. The van der Waals surface area contributed by atoms with E-state index in [0.717, 1.165) is 95.8 Å². The van der Waals surface area contributed by atoms with Gasteiger partial charge in [0.1, 0.15) is 19.3 Å². The summed E-state index contributed by atoms with van der Waals surface area (Å²) in [5, 5.41) is 10.7. The molecule has 0 heterocycles. The van der Waals surface area contributed by atoms with Crippen molar-refractivity contribution in [1.29, 1.82) is 0 Å². The first-order valence-corrected chi connectivity index (χ1v) is 48.1. The molecular weight excluding hydrogens is 1380 g/mol. The van der Waals surface area contributed by atoms with Gasteiger partial charge in [0, 0.05) is 25.7 Å². The molecule has 106 heavy (non-hydrogen) atoms. The van der Waals surface area contributed by atoms with Crippen LogP contribution < -0.4 is 0 Å². The number of unbranched alkanes of at least 4 members (excludes halogenated alkanes) is 59. The van der Waals surface area contributed by atoms with E-state index in [9.17, 15) is 43.2 Å². The molecule has 0 rings (SSSR count). The number of aliphatic hydroxyl groups excluding tert-OH is 1. The quantitative estimate of drug-likeness (QED) is 0.0222. The Labute approximate surface area is 651 Å². The maximum Gasteiger partial charge on any atom is 0.472 e. The Morgan fingerprint density at radius 3 is 0.642 bits per heavy atom. The maximum absolute atomic E-state index is 13.2. The molecular formula is C87H170O17P2. The van der Waals surface area contributed by atoms with Gasteiger partial charge in [0.2, 0.25) is 0 Å². The average Bonchev–Trinajstić information content (AvgIpc) is 0.906. The molecule has 630 valence electrons. The van der Waals surface area contributed by atoms with Crippen LogP contribution in [0.3, 0.4) is 0 Å². The normalized spacial score (nSPS) is 13.7. The average molecular weight is 1550 g/mol. The van der Waals surface area contributed by atoms with Gasteiger partial charge in [0.25, 0.3) is 0 Å². The zero-order chi connectivity index (χ0) is 77.6. The first-order chi connectivity index (χ1) is 51.5. The molecule has 0 saturated heterocycles. The largest absolute Gasteiger partial charge is 0.472 e. The molecule has 0 aromatic rings. The van der Waals surface area contributed by atoms with Gasteiger partial charge in [-0.1, -0.05) is 420 Å². The Bertz CT molecular complexity index is 2010. The van der Waals surface area contributed by atoms with E-state index in [1.807, 2.05) is 0 Å². The molecule has 5 atom stereocenters. The maximum atomic E-state index is 13.2. The highest BCUT2D eigenvalue weighted by Crippen LogP contribution is 2.45. The van der Waals surface area contributed by atoms with Crippen molar-refractivity contribution in [3.05, 3.63) is 0 Å². The number of carbonyl (C=O) groups excluding carboxylic acids is 4. The molecule has 0 aliphatic rings. The van der Waals surface area contributed by atoms with Gasteiger partial charge in [0.05, 0.1) is 26.4 Å². The second-order valence-electron chi connectivity index (χ2n) is 31.8. The fourth-order valence-corrected chi connectivity index (χ4v) is 15.2. The summed E-state index contributed by atoms with van der Waals surface area (Å²) in [7, 11) is -9.93. The summed E-state index contributed by atoms with van der Waals surface area (Å²) in [5.41, 5.74) is 0. The fourth-order valence-electron chi connectivity index (χ4n) is 13.6. The number of carbonyl (C=O) groups is 4. The molecule has 0 aromatic carbocycles. The van der Waals surface area contributed by atoms with Crippen LogP contribution in [0.1, 0.15) is 471 Å². The molecule has 0 bridgehead atoms. The SMILES string of the molecule is CCCCCCCCCCCCCCCCCCCCCCC(=O)O[C@H](COC(=O)CCCCCCCCCCCCCCCCCCC(C)C)COP(=O)(O)OC[C@@H](O)COP(=O)(O)OC[C@@H](COC(=O)CCCCCCCCCCCCCC)OC(=O)CCCCCCCCCCCCCCCCC. The molecule has 0 aromatic heterocycles. The van der Waals surface area contributed by atoms with Gasteiger partial charge in [0.15, 0.2) is 12.2 Å². The zero-order valence-corrected chi connectivity index (χ0v) is 71.4. The first kappa shape index (κ1) is 104. The lowest BCUT2D eigenvalue weighted by atomic mass is 10.0. The molecule has 19 heteroatoms. The van der Waals surface area contributed by atoms with E-state index in [2.05, 4.69) is 34.6 Å². The van der Waals surface area contributed by atoms with Crippen molar-refractivity contribution in [2.24, 2.45) is 5.92 Å². The zero-order valence-electron chi connectivity index (χ0n) is 69.6. The number of phosphoric acid groups is 2.